The molecule has 1 aliphatic rings. The molecule has 0 radical (unpaired) electrons. The zero-order valence-corrected chi connectivity index (χ0v) is 9.49. The molecule has 1 saturated carbocycles. The Bertz CT molecular complexity index is 410. The van der Waals surface area contributed by atoms with Crippen LogP contribution in [0.4, 0.5) is 56.2 Å². The van der Waals surface area contributed by atoms with Crippen LogP contribution in [0.2, 0.25) is 0 Å². The maximum absolute atomic E-state index is 13.1. The molecule has 0 aromatic heterocycles. The molecule has 0 saturated heterocycles. The second kappa shape index (κ2) is 3.74. The summed E-state index contributed by atoms with van der Waals surface area (Å²) in [5.74, 6) is -29.0. The van der Waals surface area contributed by atoms with Crippen molar-refractivity contribution in [1.29, 1.82) is 0 Å². The lowest BCUT2D eigenvalue weighted by Crippen LogP contribution is -2.84. The lowest BCUT2D eigenvalue weighted by atomic mass is 9.82. The number of halogens is 13. The standard InChI is InChI=1S/C6HF13Si/c7-1-2(8,9)4(11,12)6(15,16)5(13,14)3(1,10)20(17,18)19/h1H. The van der Waals surface area contributed by atoms with E-state index in [2.05, 4.69) is 0 Å². The average molecular weight is 348 g/mol. The van der Waals surface area contributed by atoms with Crippen LogP contribution < -0.4 is 0 Å². The molecule has 0 aromatic rings. The van der Waals surface area contributed by atoms with Crippen molar-refractivity contribution in [2.24, 2.45) is 0 Å². The van der Waals surface area contributed by atoms with Crippen molar-refractivity contribution < 1.29 is 56.2 Å². The monoisotopic (exact) mass is 348 g/mol. The molecule has 0 amide bonds. The third kappa shape index (κ3) is 1.45. The van der Waals surface area contributed by atoms with E-state index in [4.69, 9.17) is 0 Å². The van der Waals surface area contributed by atoms with Crippen LogP contribution in [0.5, 0.6) is 0 Å². The molecule has 0 aromatic carbocycles. The van der Waals surface area contributed by atoms with Gasteiger partial charge < -0.3 is 0 Å². The highest BCUT2D eigenvalue weighted by atomic mass is 28.5. The van der Waals surface area contributed by atoms with Gasteiger partial charge in [0.25, 0.3) is 5.29 Å². The lowest BCUT2D eigenvalue weighted by molar-refractivity contribution is -0.433. The minimum atomic E-state index is -8.90. The zero-order valence-electron chi connectivity index (χ0n) is 8.49. The van der Waals surface area contributed by atoms with Crippen molar-refractivity contribution >= 4 is 9.08 Å². The van der Waals surface area contributed by atoms with Crippen LogP contribution in [0.15, 0.2) is 0 Å². The van der Waals surface area contributed by atoms with Crippen molar-refractivity contribution in [2.75, 3.05) is 0 Å². The summed E-state index contributed by atoms with van der Waals surface area (Å²) in [5.41, 5.74) is 0. The van der Waals surface area contributed by atoms with Crippen LogP contribution in [0, 0.1) is 0 Å². The van der Waals surface area contributed by atoms with E-state index >= 15 is 0 Å². The molecule has 0 bridgehead atoms. The number of hydrogen-bond donors (Lipinski definition) is 0. The first-order chi connectivity index (χ1) is 8.40. The second-order valence-electron chi connectivity index (χ2n) is 3.92. The molecular formula is C6HF13Si. The van der Waals surface area contributed by atoms with E-state index in [1.807, 2.05) is 0 Å². The van der Waals surface area contributed by atoms with Gasteiger partial charge in [0.05, 0.1) is 0 Å². The maximum atomic E-state index is 13.1. The highest BCUT2D eigenvalue weighted by Crippen LogP contribution is 2.67. The van der Waals surface area contributed by atoms with Crippen LogP contribution in [-0.4, -0.2) is 44.2 Å². The van der Waals surface area contributed by atoms with Crippen molar-refractivity contribution in [3.8, 4) is 0 Å². The van der Waals surface area contributed by atoms with Crippen LogP contribution in [-0.2, 0) is 0 Å². The summed E-state index contributed by atoms with van der Waals surface area (Å²) in [6.45, 7) is 0. The summed E-state index contributed by atoms with van der Waals surface area (Å²) in [5, 5.41) is -7.05. The third-order valence-electron chi connectivity index (χ3n) is 2.74. The molecule has 1 rings (SSSR count). The van der Waals surface area contributed by atoms with Gasteiger partial charge in [-0.25, -0.2) is 21.1 Å². The Morgan fingerprint density at radius 2 is 0.950 bits per heavy atom. The number of rotatable bonds is 1. The Morgan fingerprint density at radius 1 is 0.600 bits per heavy atom. The summed E-state index contributed by atoms with van der Waals surface area (Å²) in [6, 6.07) is 0. The van der Waals surface area contributed by atoms with Gasteiger partial charge in [0.15, 0.2) is 0 Å². The van der Waals surface area contributed by atoms with Gasteiger partial charge in [-0.2, -0.15) is 35.1 Å². The minimum absolute atomic E-state index is 5.87. The summed E-state index contributed by atoms with van der Waals surface area (Å²) in [4.78, 5) is 0. The van der Waals surface area contributed by atoms with Crippen LogP contribution in [0.1, 0.15) is 0 Å². The largest absolute Gasteiger partial charge is 0.666 e. The maximum Gasteiger partial charge on any atom is 0.666 e. The van der Waals surface area contributed by atoms with Gasteiger partial charge in [0, 0.05) is 0 Å². The van der Waals surface area contributed by atoms with Gasteiger partial charge in [0.2, 0.25) is 6.17 Å². The molecule has 20 heavy (non-hydrogen) atoms. The van der Waals surface area contributed by atoms with E-state index < -0.39 is 44.2 Å². The van der Waals surface area contributed by atoms with Crippen molar-refractivity contribution in [3.05, 3.63) is 0 Å². The smallest absolute Gasteiger partial charge is 0.237 e. The first kappa shape index (κ1) is 17.4. The van der Waals surface area contributed by atoms with Crippen LogP contribution >= 0.6 is 0 Å². The van der Waals surface area contributed by atoms with Crippen molar-refractivity contribution in [1.82, 2.24) is 0 Å². The van der Waals surface area contributed by atoms with E-state index in [-0.39, 0.29) is 0 Å². The molecule has 1 aliphatic carbocycles. The first-order valence-corrected chi connectivity index (χ1v) is 5.95. The fraction of sp³-hybridized carbons (Fsp3) is 1.00. The molecule has 0 spiro atoms. The molecule has 1 fully saturated rings. The van der Waals surface area contributed by atoms with Crippen LogP contribution in [0.25, 0.3) is 0 Å². The Morgan fingerprint density at radius 3 is 1.25 bits per heavy atom. The predicted molar refractivity (Wildman–Crippen MR) is 37.6 cm³/mol. The van der Waals surface area contributed by atoms with Gasteiger partial charge in [-0.15, -0.1) is 0 Å². The summed E-state index contributed by atoms with van der Waals surface area (Å²) >= 11 is 0. The number of hydrogen-bond acceptors (Lipinski definition) is 0. The SMILES string of the molecule is FC1C(F)(F)C(F)(F)C(F)(F)C(F)(F)C1(F)[Si](F)(F)F. The Hall–Kier alpha value is -0.693. The number of alkyl halides is 10. The second-order valence-corrected chi connectivity index (χ2v) is 5.64. The van der Waals surface area contributed by atoms with E-state index in [9.17, 15) is 56.2 Å². The highest BCUT2D eigenvalue weighted by Gasteiger charge is 3.00. The highest BCUT2D eigenvalue weighted by molar-refractivity contribution is 6.62. The summed E-state index contributed by atoms with van der Waals surface area (Å²) in [6.07, 6.45) is -5.87. The molecule has 120 valence electrons. The molecule has 14 heteroatoms. The topological polar surface area (TPSA) is 0 Å². The summed E-state index contributed by atoms with van der Waals surface area (Å²) < 4.78 is 163. The molecule has 2 unspecified atom stereocenters. The Kier molecular flexibility index (Phi) is 3.24. The van der Waals surface area contributed by atoms with Gasteiger partial charge in [0.1, 0.15) is 0 Å². The molecule has 0 aliphatic heterocycles. The average Bonchev–Trinajstić information content (AvgIpc) is 2.22. The quantitative estimate of drug-likeness (QED) is 0.382. The fourth-order valence-electron chi connectivity index (χ4n) is 1.52. The van der Waals surface area contributed by atoms with Gasteiger partial charge in [-0.05, 0) is 0 Å². The molecule has 0 heterocycles. The Labute approximate surface area is 102 Å². The molecular weight excluding hydrogens is 347 g/mol. The molecule has 2 atom stereocenters. The van der Waals surface area contributed by atoms with Gasteiger partial charge >= 0.3 is 32.8 Å². The van der Waals surface area contributed by atoms with Crippen LogP contribution in [0.3, 0.4) is 0 Å². The zero-order chi connectivity index (χ0) is 16.6. The van der Waals surface area contributed by atoms with Crippen molar-refractivity contribution in [3.63, 3.8) is 0 Å². The molecule has 0 nitrogen and oxygen atoms in total. The van der Waals surface area contributed by atoms with E-state index in [1.54, 1.807) is 0 Å². The normalized spacial score (nSPS) is 38.5. The fourth-order valence-corrected chi connectivity index (χ4v) is 2.51. The van der Waals surface area contributed by atoms with Gasteiger partial charge in [-0.3, -0.25) is 0 Å². The molecule has 0 N–H and O–H groups in total. The third-order valence-corrected chi connectivity index (χ3v) is 4.14. The lowest BCUT2D eigenvalue weighted by Gasteiger charge is -2.49. The Balaban J connectivity index is 3.76. The summed E-state index contributed by atoms with van der Waals surface area (Å²) in [7, 11) is -8.90. The predicted octanol–water partition coefficient (Wildman–Crippen LogP) is 3.97. The van der Waals surface area contributed by atoms with E-state index in [1.165, 1.54) is 0 Å². The first-order valence-electron chi connectivity index (χ1n) is 4.31. The van der Waals surface area contributed by atoms with Gasteiger partial charge in [-0.1, -0.05) is 0 Å². The van der Waals surface area contributed by atoms with E-state index in [0.717, 1.165) is 0 Å². The van der Waals surface area contributed by atoms with E-state index in [0.29, 0.717) is 0 Å². The minimum Gasteiger partial charge on any atom is -0.237 e. The van der Waals surface area contributed by atoms with Crippen molar-refractivity contribution in [2.45, 2.75) is 35.2 Å².